The van der Waals surface area contributed by atoms with Gasteiger partial charge in [0.25, 0.3) is 0 Å². The van der Waals surface area contributed by atoms with Crippen molar-refractivity contribution in [3.8, 4) is 5.75 Å². The molecule has 1 saturated heterocycles. The highest BCUT2D eigenvalue weighted by Gasteiger charge is 2.18. The van der Waals surface area contributed by atoms with Crippen LogP contribution in [0.4, 0.5) is 5.69 Å². The molecule has 2 aromatic rings. The lowest BCUT2D eigenvalue weighted by Gasteiger charge is -2.36. The Bertz CT molecular complexity index is 767. The number of ketones is 1. The number of benzene rings is 2. The molecule has 1 aliphatic carbocycles. The number of Topliss-reactive ketones (excluding diaryl/α,β-unsaturated/α-hetero) is 1. The number of carbonyl (C=O) groups excluding carboxylic acids is 1. The zero-order valence-corrected chi connectivity index (χ0v) is 15.9. The van der Waals surface area contributed by atoms with Crippen LogP contribution in [0.2, 0.25) is 0 Å². The third-order valence-electron chi connectivity index (χ3n) is 5.61. The van der Waals surface area contributed by atoms with E-state index >= 15 is 0 Å². The van der Waals surface area contributed by atoms with Crippen molar-refractivity contribution in [2.45, 2.75) is 25.7 Å². The number of para-hydroxylation sites is 1. The second kappa shape index (κ2) is 8.57. The maximum atomic E-state index is 12.0. The lowest BCUT2D eigenvalue weighted by atomic mass is 9.90. The summed E-state index contributed by atoms with van der Waals surface area (Å²) in [6.45, 7) is 6.12. The monoisotopic (exact) mass is 364 g/mol. The fourth-order valence-electron chi connectivity index (χ4n) is 4.04. The average Bonchev–Trinajstić information content (AvgIpc) is 2.73. The summed E-state index contributed by atoms with van der Waals surface area (Å²) >= 11 is 0. The molecule has 0 atom stereocenters. The number of aryl methyl sites for hydroxylation is 1. The maximum Gasteiger partial charge on any atom is 0.163 e. The molecule has 4 rings (SSSR count). The van der Waals surface area contributed by atoms with Gasteiger partial charge in [0.2, 0.25) is 0 Å². The quantitative estimate of drug-likeness (QED) is 0.730. The van der Waals surface area contributed by atoms with E-state index in [1.165, 1.54) is 11.3 Å². The molecule has 0 aromatic heterocycles. The highest BCUT2D eigenvalue weighted by molar-refractivity contribution is 5.98. The Kier molecular flexibility index (Phi) is 5.73. The average molecular weight is 364 g/mol. The second-order valence-corrected chi connectivity index (χ2v) is 7.46. The normalized spacial score (nSPS) is 17.6. The van der Waals surface area contributed by atoms with Gasteiger partial charge in [-0.25, -0.2) is 0 Å². The standard InChI is InChI=1S/C23H28N2O2/c26-23-9-4-6-19-10-11-21(18-22(19)23)27-17-5-12-24-13-15-25(16-14-24)20-7-2-1-3-8-20/h1-3,7-8,10-11,18H,4-6,9,12-17H2. The Morgan fingerprint density at radius 1 is 0.926 bits per heavy atom. The number of nitrogens with zero attached hydrogens (tertiary/aromatic N) is 2. The first kappa shape index (κ1) is 18.1. The Labute approximate surface area is 161 Å². The van der Waals surface area contributed by atoms with Crippen molar-refractivity contribution in [2.75, 3.05) is 44.2 Å². The van der Waals surface area contributed by atoms with Gasteiger partial charge in [0.15, 0.2) is 5.78 Å². The number of anilines is 1. The number of ether oxygens (including phenoxy) is 1. The van der Waals surface area contributed by atoms with Crippen LogP contribution in [0.15, 0.2) is 48.5 Å². The van der Waals surface area contributed by atoms with Gasteiger partial charge in [0.05, 0.1) is 6.61 Å². The predicted molar refractivity (Wildman–Crippen MR) is 109 cm³/mol. The second-order valence-electron chi connectivity index (χ2n) is 7.46. The van der Waals surface area contributed by atoms with Crippen LogP contribution in [0.5, 0.6) is 5.75 Å². The van der Waals surface area contributed by atoms with E-state index in [2.05, 4.69) is 46.2 Å². The Hall–Kier alpha value is -2.33. The molecule has 0 amide bonds. The van der Waals surface area contributed by atoms with Crippen LogP contribution in [-0.2, 0) is 6.42 Å². The van der Waals surface area contributed by atoms with E-state index in [-0.39, 0.29) is 5.78 Å². The number of rotatable bonds is 6. The van der Waals surface area contributed by atoms with E-state index in [4.69, 9.17) is 4.74 Å². The summed E-state index contributed by atoms with van der Waals surface area (Å²) in [5.74, 6) is 1.09. The van der Waals surface area contributed by atoms with E-state index < -0.39 is 0 Å². The molecule has 0 bridgehead atoms. The van der Waals surface area contributed by atoms with E-state index in [1.807, 2.05) is 12.1 Å². The van der Waals surface area contributed by atoms with Gasteiger partial charge >= 0.3 is 0 Å². The van der Waals surface area contributed by atoms with E-state index in [0.717, 1.165) is 63.3 Å². The minimum atomic E-state index is 0.262. The lowest BCUT2D eigenvalue weighted by Crippen LogP contribution is -2.46. The van der Waals surface area contributed by atoms with Crippen LogP contribution >= 0.6 is 0 Å². The lowest BCUT2D eigenvalue weighted by molar-refractivity contribution is 0.0972. The molecule has 27 heavy (non-hydrogen) atoms. The largest absolute Gasteiger partial charge is 0.494 e. The van der Waals surface area contributed by atoms with Crippen LogP contribution < -0.4 is 9.64 Å². The molecule has 0 radical (unpaired) electrons. The minimum Gasteiger partial charge on any atom is -0.494 e. The molecule has 0 unspecified atom stereocenters. The number of carbonyl (C=O) groups is 1. The summed E-state index contributed by atoms with van der Waals surface area (Å²) in [6, 6.07) is 16.7. The molecule has 2 aromatic carbocycles. The molecule has 1 fully saturated rings. The number of hydrogen-bond donors (Lipinski definition) is 0. The van der Waals surface area contributed by atoms with Crippen LogP contribution in [0.3, 0.4) is 0 Å². The Morgan fingerprint density at radius 3 is 2.56 bits per heavy atom. The molecule has 0 N–H and O–H groups in total. The van der Waals surface area contributed by atoms with Crippen molar-refractivity contribution in [3.05, 3.63) is 59.7 Å². The molecule has 0 saturated carbocycles. The van der Waals surface area contributed by atoms with Gasteiger partial charge in [-0.3, -0.25) is 9.69 Å². The van der Waals surface area contributed by atoms with Crippen molar-refractivity contribution < 1.29 is 9.53 Å². The van der Waals surface area contributed by atoms with Crippen molar-refractivity contribution in [1.29, 1.82) is 0 Å². The van der Waals surface area contributed by atoms with Gasteiger partial charge in [-0.2, -0.15) is 0 Å². The first-order valence-electron chi connectivity index (χ1n) is 10.1. The number of fused-ring (bicyclic) bond motifs is 1. The van der Waals surface area contributed by atoms with Crippen molar-refractivity contribution >= 4 is 11.5 Å². The molecule has 1 heterocycles. The fraction of sp³-hybridized carbons (Fsp3) is 0.435. The fourth-order valence-corrected chi connectivity index (χ4v) is 4.04. The first-order valence-corrected chi connectivity index (χ1v) is 10.1. The summed E-state index contributed by atoms with van der Waals surface area (Å²) in [4.78, 5) is 17.0. The summed E-state index contributed by atoms with van der Waals surface area (Å²) < 4.78 is 5.91. The smallest absolute Gasteiger partial charge is 0.163 e. The van der Waals surface area contributed by atoms with Crippen molar-refractivity contribution in [3.63, 3.8) is 0 Å². The van der Waals surface area contributed by atoms with Crippen molar-refractivity contribution in [2.24, 2.45) is 0 Å². The van der Waals surface area contributed by atoms with Crippen LogP contribution in [0.25, 0.3) is 0 Å². The third kappa shape index (κ3) is 4.51. The third-order valence-corrected chi connectivity index (χ3v) is 5.61. The molecule has 142 valence electrons. The summed E-state index contributed by atoms with van der Waals surface area (Å²) in [6.07, 6.45) is 3.67. The molecule has 4 nitrogen and oxygen atoms in total. The maximum absolute atomic E-state index is 12.0. The van der Waals surface area contributed by atoms with E-state index in [0.29, 0.717) is 13.0 Å². The van der Waals surface area contributed by atoms with Gasteiger partial charge in [-0.15, -0.1) is 0 Å². The topological polar surface area (TPSA) is 32.8 Å². The van der Waals surface area contributed by atoms with Crippen molar-refractivity contribution in [1.82, 2.24) is 4.90 Å². The highest BCUT2D eigenvalue weighted by atomic mass is 16.5. The summed E-state index contributed by atoms with van der Waals surface area (Å²) in [5, 5.41) is 0. The predicted octanol–water partition coefficient (Wildman–Crippen LogP) is 3.80. The summed E-state index contributed by atoms with van der Waals surface area (Å²) in [7, 11) is 0. The minimum absolute atomic E-state index is 0.262. The van der Waals surface area contributed by atoms with E-state index in [1.54, 1.807) is 0 Å². The molecular formula is C23H28N2O2. The number of piperazine rings is 1. The van der Waals surface area contributed by atoms with Crippen LogP contribution in [0.1, 0.15) is 35.2 Å². The zero-order valence-electron chi connectivity index (χ0n) is 15.9. The Morgan fingerprint density at radius 2 is 1.74 bits per heavy atom. The molecule has 0 spiro atoms. The molecule has 1 aliphatic heterocycles. The Balaban J connectivity index is 1.19. The first-order chi connectivity index (χ1) is 13.3. The molecular weight excluding hydrogens is 336 g/mol. The summed E-state index contributed by atoms with van der Waals surface area (Å²) in [5.41, 5.74) is 3.37. The number of hydrogen-bond acceptors (Lipinski definition) is 4. The SMILES string of the molecule is O=C1CCCc2ccc(OCCCN3CCN(c4ccccc4)CC3)cc21. The van der Waals surface area contributed by atoms with Gasteiger partial charge in [0.1, 0.15) is 5.75 Å². The molecule has 4 heteroatoms. The molecule has 2 aliphatic rings. The van der Waals surface area contributed by atoms with E-state index in [9.17, 15) is 4.79 Å². The van der Waals surface area contributed by atoms with Gasteiger partial charge < -0.3 is 9.64 Å². The van der Waals surface area contributed by atoms with Crippen LogP contribution in [0, 0.1) is 0 Å². The van der Waals surface area contributed by atoms with Gasteiger partial charge in [0, 0.05) is 50.4 Å². The van der Waals surface area contributed by atoms with Gasteiger partial charge in [-0.05, 0) is 49.1 Å². The van der Waals surface area contributed by atoms with Crippen LogP contribution in [-0.4, -0.2) is 50.0 Å². The van der Waals surface area contributed by atoms with Gasteiger partial charge in [-0.1, -0.05) is 24.3 Å². The zero-order chi connectivity index (χ0) is 18.5. The highest BCUT2D eigenvalue weighted by Crippen LogP contribution is 2.25.